The Balaban J connectivity index is 1.96. The number of H-pyrrole nitrogens is 1. The van der Waals surface area contributed by atoms with Crippen molar-refractivity contribution in [1.29, 1.82) is 0 Å². The Hall–Kier alpha value is -2.17. The Morgan fingerprint density at radius 1 is 1.40 bits per heavy atom. The zero-order chi connectivity index (χ0) is 14.5. The van der Waals surface area contributed by atoms with E-state index >= 15 is 0 Å². The number of hydrogen-bond acceptors (Lipinski definition) is 2. The van der Waals surface area contributed by atoms with Crippen LogP contribution >= 0.6 is 0 Å². The molecule has 1 heterocycles. The minimum absolute atomic E-state index is 0.0348. The third kappa shape index (κ3) is 3.44. The lowest BCUT2D eigenvalue weighted by Crippen LogP contribution is -2.15. The van der Waals surface area contributed by atoms with Gasteiger partial charge in [-0.3, -0.25) is 9.89 Å². The predicted octanol–water partition coefficient (Wildman–Crippen LogP) is 3.24. The van der Waals surface area contributed by atoms with E-state index in [1.807, 2.05) is 13.8 Å². The van der Waals surface area contributed by atoms with Crippen molar-refractivity contribution in [2.75, 3.05) is 5.32 Å². The van der Waals surface area contributed by atoms with Crippen LogP contribution in [0.3, 0.4) is 0 Å². The highest BCUT2D eigenvalue weighted by Gasteiger charge is 2.13. The SMILES string of the molecule is CCc1[nH]ncc1NC(=O)CC(C)c1ccc(F)cc1. The molecule has 2 N–H and O–H groups in total. The number of benzene rings is 1. The van der Waals surface area contributed by atoms with E-state index in [-0.39, 0.29) is 17.6 Å². The number of nitrogens with zero attached hydrogens (tertiary/aromatic N) is 1. The van der Waals surface area contributed by atoms with Crippen LogP contribution in [0.5, 0.6) is 0 Å². The molecule has 106 valence electrons. The fourth-order valence-corrected chi connectivity index (χ4v) is 2.08. The van der Waals surface area contributed by atoms with E-state index in [1.54, 1.807) is 18.3 Å². The highest BCUT2D eigenvalue weighted by Crippen LogP contribution is 2.20. The molecule has 20 heavy (non-hydrogen) atoms. The van der Waals surface area contributed by atoms with Crippen LogP contribution < -0.4 is 5.32 Å². The van der Waals surface area contributed by atoms with Gasteiger partial charge in [0.25, 0.3) is 0 Å². The maximum Gasteiger partial charge on any atom is 0.225 e. The first-order chi connectivity index (χ1) is 9.60. The summed E-state index contributed by atoms with van der Waals surface area (Å²) in [5, 5.41) is 9.60. The highest BCUT2D eigenvalue weighted by atomic mass is 19.1. The Labute approximate surface area is 117 Å². The third-order valence-corrected chi connectivity index (χ3v) is 3.28. The Kier molecular flexibility index (Phi) is 4.50. The fraction of sp³-hybridized carbons (Fsp3) is 0.333. The van der Waals surface area contributed by atoms with Gasteiger partial charge in [-0.05, 0) is 30.0 Å². The van der Waals surface area contributed by atoms with E-state index in [2.05, 4.69) is 15.5 Å². The van der Waals surface area contributed by atoms with Crippen molar-refractivity contribution in [3.63, 3.8) is 0 Å². The van der Waals surface area contributed by atoms with Gasteiger partial charge < -0.3 is 5.32 Å². The van der Waals surface area contributed by atoms with Crippen LogP contribution in [-0.4, -0.2) is 16.1 Å². The molecule has 5 heteroatoms. The van der Waals surface area contributed by atoms with Crippen molar-refractivity contribution < 1.29 is 9.18 Å². The summed E-state index contributed by atoms with van der Waals surface area (Å²) < 4.78 is 12.9. The molecule has 0 spiro atoms. The molecule has 1 aromatic carbocycles. The summed E-state index contributed by atoms with van der Waals surface area (Å²) in [6.45, 7) is 3.94. The number of aromatic amines is 1. The molecule has 0 radical (unpaired) electrons. The van der Waals surface area contributed by atoms with Gasteiger partial charge in [0, 0.05) is 6.42 Å². The molecule has 0 fully saturated rings. The third-order valence-electron chi connectivity index (χ3n) is 3.28. The molecule has 0 bridgehead atoms. The largest absolute Gasteiger partial charge is 0.323 e. The first kappa shape index (κ1) is 14.2. The molecule has 0 aliphatic rings. The van der Waals surface area contributed by atoms with Gasteiger partial charge in [0.1, 0.15) is 5.82 Å². The van der Waals surface area contributed by atoms with E-state index in [0.29, 0.717) is 6.42 Å². The molecule has 1 aromatic heterocycles. The van der Waals surface area contributed by atoms with Gasteiger partial charge in [-0.1, -0.05) is 26.0 Å². The summed E-state index contributed by atoms with van der Waals surface area (Å²) in [6, 6.07) is 6.25. The lowest BCUT2D eigenvalue weighted by molar-refractivity contribution is -0.116. The average molecular weight is 275 g/mol. The van der Waals surface area contributed by atoms with Crippen LogP contribution in [0, 0.1) is 5.82 Å². The second-order valence-electron chi connectivity index (χ2n) is 4.82. The second-order valence-corrected chi connectivity index (χ2v) is 4.82. The van der Waals surface area contributed by atoms with Crippen molar-refractivity contribution in [2.24, 2.45) is 0 Å². The zero-order valence-corrected chi connectivity index (χ0v) is 11.6. The van der Waals surface area contributed by atoms with Crippen molar-refractivity contribution in [2.45, 2.75) is 32.6 Å². The number of halogens is 1. The lowest BCUT2D eigenvalue weighted by atomic mass is 9.97. The van der Waals surface area contributed by atoms with Crippen LogP contribution in [0.1, 0.15) is 37.4 Å². The number of rotatable bonds is 5. The molecule has 0 aliphatic heterocycles. The predicted molar refractivity (Wildman–Crippen MR) is 76.0 cm³/mol. The van der Waals surface area contributed by atoms with Gasteiger partial charge in [0.15, 0.2) is 0 Å². The van der Waals surface area contributed by atoms with E-state index in [0.717, 1.165) is 23.4 Å². The number of carbonyl (C=O) groups excluding carboxylic acids is 1. The second kappa shape index (κ2) is 6.32. The maximum atomic E-state index is 12.9. The van der Waals surface area contributed by atoms with Gasteiger partial charge >= 0.3 is 0 Å². The molecular formula is C15H18FN3O. The number of carbonyl (C=O) groups is 1. The molecule has 4 nitrogen and oxygen atoms in total. The number of nitrogens with one attached hydrogen (secondary N) is 2. The normalized spacial score (nSPS) is 12.2. The standard InChI is InChI=1S/C15H18FN3O/c1-3-13-14(9-17-19-13)18-15(20)8-10(2)11-4-6-12(16)7-5-11/h4-7,9-10H,3,8H2,1-2H3,(H,17,19)(H,18,20). The number of amides is 1. The summed E-state index contributed by atoms with van der Waals surface area (Å²) in [4.78, 5) is 12.0. The smallest absolute Gasteiger partial charge is 0.225 e. The van der Waals surface area contributed by atoms with Crippen LogP contribution in [-0.2, 0) is 11.2 Å². The lowest BCUT2D eigenvalue weighted by Gasteiger charge is -2.12. The van der Waals surface area contributed by atoms with Gasteiger partial charge in [-0.15, -0.1) is 0 Å². The van der Waals surface area contributed by atoms with Crippen LogP contribution in [0.15, 0.2) is 30.5 Å². The number of aryl methyl sites for hydroxylation is 1. The van der Waals surface area contributed by atoms with Gasteiger partial charge in [0.2, 0.25) is 5.91 Å². The Morgan fingerprint density at radius 3 is 2.75 bits per heavy atom. The monoisotopic (exact) mass is 275 g/mol. The van der Waals surface area contributed by atoms with E-state index < -0.39 is 0 Å². The first-order valence-electron chi connectivity index (χ1n) is 6.67. The van der Waals surface area contributed by atoms with E-state index in [9.17, 15) is 9.18 Å². The summed E-state index contributed by atoms with van der Waals surface area (Å²) in [6.07, 6.45) is 2.74. The zero-order valence-electron chi connectivity index (χ0n) is 11.6. The number of aromatic nitrogens is 2. The molecule has 2 aromatic rings. The summed E-state index contributed by atoms with van der Waals surface area (Å²) >= 11 is 0. The van der Waals surface area contributed by atoms with Crippen molar-refractivity contribution in [3.8, 4) is 0 Å². The summed E-state index contributed by atoms with van der Waals surface area (Å²) in [7, 11) is 0. The number of hydrogen-bond donors (Lipinski definition) is 2. The van der Waals surface area contributed by atoms with Crippen LogP contribution in [0.25, 0.3) is 0 Å². The topological polar surface area (TPSA) is 57.8 Å². The van der Waals surface area contributed by atoms with Gasteiger partial charge in [0.05, 0.1) is 17.6 Å². The van der Waals surface area contributed by atoms with Gasteiger partial charge in [-0.25, -0.2) is 4.39 Å². The quantitative estimate of drug-likeness (QED) is 0.880. The molecular weight excluding hydrogens is 257 g/mol. The van der Waals surface area contributed by atoms with E-state index in [4.69, 9.17) is 0 Å². The Morgan fingerprint density at radius 2 is 2.10 bits per heavy atom. The van der Waals surface area contributed by atoms with Crippen LogP contribution in [0.2, 0.25) is 0 Å². The molecule has 0 aliphatic carbocycles. The highest BCUT2D eigenvalue weighted by molar-refractivity contribution is 5.91. The molecule has 2 rings (SSSR count). The van der Waals surface area contributed by atoms with Crippen molar-refractivity contribution in [3.05, 3.63) is 47.5 Å². The molecule has 0 saturated heterocycles. The first-order valence-corrected chi connectivity index (χ1v) is 6.67. The maximum absolute atomic E-state index is 12.9. The minimum atomic E-state index is -0.267. The van der Waals surface area contributed by atoms with E-state index in [1.165, 1.54) is 12.1 Å². The van der Waals surface area contributed by atoms with Crippen molar-refractivity contribution >= 4 is 11.6 Å². The van der Waals surface area contributed by atoms with Crippen molar-refractivity contribution in [1.82, 2.24) is 10.2 Å². The van der Waals surface area contributed by atoms with Crippen LogP contribution in [0.4, 0.5) is 10.1 Å². The minimum Gasteiger partial charge on any atom is -0.323 e. The summed E-state index contributed by atoms with van der Waals surface area (Å²) in [5.41, 5.74) is 2.58. The number of anilines is 1. The summed E-state index contributed by atoms with van der Waals surface area (Å²) in [5.74, 6) is -0.304. The average Bonchev–Trinajstić information content (AvgIpc) is 2.86. The molecule has 1 amide bonds. The Bertz CT molecular complexity index is 577. The molecule has 1 atom stereocenters. The molecule has 0 saturated carbocycles. The fourth-order valence-electron chi connectivity index (χ4n) is 2.08. The molecule has 1 unspecified atom stereocenters. The van der Waals surface area contributed by atoms with Gasteiger partial charge in [-0.2, -0.15) is 5.10 Å².